The molecule has 2 rings (SSSR count). The second-order valence-corrected chi connectivity index (χ2v) is 6.68. The van der Waals surface area contributed by atoms with Crippen molar-refractivity contribution >= 4 is 29.1 Å². The Kier molecular flexibility index (Phi) is 5.06. The van der Waals surface area contributed by atoms with Gasteiger partial charge in [-0.05, 0) is 69.3 Å². The van der Waals surface area contributed by atoms with Crippen LogP contribution in [0.1, 0.15) is 41.5 Å². The molecule has 0 radical (unpaired) electrons. The molecule has 0 aromatic heterocycles. The molecule has 0 unspecified atom stereocenters. The Bertz CT molecular complexity index is 701. The van der Waals surface area contributed by atoms with Crippen molar-refractivity contribution in [2.75, 3.05) is 5.32 Å². The van der Waals surface area contributed by atoms with Crippen molar-refractivity contribution in [1.82, 2.24) is 5.32 Å². The molecule has 0 saturated carbocycles. The molecule has 2 N–H and O–H groups in total. The van der Waals surface area contributed by atoms with Crippen LogP contribution in [0.5, 0.6) is 0 Å². The third-order valence-corrected chi connectivity index (χ3v) is 3.25. The smallest absolute Gasteiger partial charge is 0.255 e. The van der Waals surface area contributed by atoms with Crippen molar-refractivity contribution in [2.24, 2.45) is 0 Å². The van der Waals surface area contributed by atoms with Gasteiger partial charge < -0.3 is 10.6 Å². The van der Waals surface area contributed by atoms with E-state index in [4.69, 9.17) is 11.6 Å². The first-order chi connectivity index (χ1) is 10.7. The monoisotopic (exact) mass is 330 g/mol. The van der Waals surface area contributed by atoms with Crippen molar-refractivity contribution < 1.29 is 9.59 Å². The Hall–Kier alpha value is -2.33. The van der Waals surface area contributed by atoms with Crippen LogP contribution >= 0.6 is 11.6 Å². The molecule has 0 bridgehead atoms. The molecule has 23 heavy (non-hydrogen) atoms. The molecular weight excluding hydrogens is 312 g/mol. The summed E-state index contributed by atoms with van der Waals surface area (Å²) in [5.74, 6) is -0.405. The number of nitrogens with one attached hydrogen (secondary N) is 2. The van der Waals surface area contributed by atoms with E-state index in [1.807, 2.05) is 20.8 Å². The summed E-state index contributed by atoms with van der Waals surface area (Å²) < 4.78 is 0. The number of benzene rings is 2. The largest absolute Gasteiger partial charge is 0.347 e. The third kappa shape index (κ3) is 5.11. The topological polar surface area (TPSA) is 58.2 Å². The van der Waals surface area contributed by atoms with Crippen molar-refractivity contribution in [2.45, 2.75) is 26.3 Å². The number of halogens is 1. The van der Waals surface area contributed by atoms with E-state index in [2.05, 4.69) is 10.6 Å². The Labute approximate surface area is 140 Å². The lowest BCUT2D eigenvalue weighted by Crippen LogP contribution is -2.40. The van der Waals surface area contributed by atoms with E-state index in [-0.39, 0.29) is 17.4 Å². The molecule has 2 aromatic carbocycles. The number of hydrogen-bond donors (Lipinski definition) is 2. The summed E-state index contributed by atoms with van der Waals surface area (Å²) in [5, 5.41) is 6.26. The van der Waals surface area contributed by atoms with Gasteiger partial charge in [0.15, 0.2) is 0 Å². The van der Waals surface area contributed by atoms with E-state index in [1.54, 1.807) is 48.5 Å². The highest BCUT2D eigenvalue weighted by Crippen LogP contribution is 2.15. The molecule has 0 atom stereocenters. The molecule has 0 fully saturated rings. The third-order valence-electron chi connectivity index (χ3n) is 3.00. The summed E-state index contributed by atoms with van der Waals surface area (Å²) in [6, 6.07) is 13.4. The van der Waals surface area contributed by atoms with Crippen LogP contribution in [0.25, 0.3) is 0 Å². The first kappa shape index (κ1) is 17.0. The van der Waals surface area contributed by atoms with Crippen molar-refractivity contribution in [1.29, 1.82) is 0 Å². The Morgan fingerprint density at radius 1 is 0.826 bits per heavy atom. The molecule has 0 heterocycles. The van der Waals surface area contributed by atoms with Crippen LogP contribution in [-0.2, 0) is 0 Å². The summed E-state index contributed by atoms with van der Waals surface area (Å²) >= 11 is 5.81. The zero-order valence-electron chi connectivity index (χ0n) is 13.3. The summed E-state index contributed by atoms with van der Waals surface area (Å²) in [5.41, 5.74) is 1.35. The summed E-state index contributed by atoms with van der Waals surface area (Å²) in [6.45, 7) is 5.75. The van der Waals surface area contributed by atoms with E-state index < -0.39 is 0 Å². The average Bonchev–Trinajstić information content (AvgIpc) is 2.48. The van der Waals surface area contributed by atoms with Crippen molar-refractivity contribution in [3.05, 3.63) is 64.7 Å². The molecule has 0 aliphatic carbocycles. The highest BCUT2D eigenvalue weighted by molar-refractivity contribution is 6.30. The number of carbonyl (C=O) groups excluding carboxylic acids is 2. The first-order valence-corrected chi connectivity index (χ1v) is 7.62. The highest BCUT2D eigenvalue weighted by atomic mass is 35.5. The van der Waals surface area contributed by atoms with Crippen LogP contribution in [0.3, 0.4) is 0 Å². The van der Waals surface area contributed by atoms with Gasteiger partial charge in [-0.1, -0.05) is 11.6 Å². The van der Waals surface area contributed by atoms with Gasteiger partial charge in [-0.25, -0.2) is 0 Å². The van der Waals surface area contributed by atoms with Gasteiger partial charge in [-0.15, -0.1) is 0 Å². The van der Waals surface area contributed by atoms with Gasteiger partial charge in [0, 0.05) is 27.4 Å². The van der Waals surface area contributed by atoms with Gasteiger partial charge in [0.25, 0.3) is 11.8 Å². The van der Waals surface area contributed by atoms with E-state index in [1.165, 1.54) is 0 Å². The number of amides is 2. The van der Waals surface area contributed by atoms with E-state index in [0.29, 0.717) is 21.8 Å². The Balaban J connectivity index is 2.05. The summed E-state index contributed by atoms with van der Waals surface area (Å²) in [7, 11) is 0. The fraction of sp³-hybridized carbons (Fsp3) is 0.222. The number of rotatable bonds is 3. The molecule has 2 amide bonds. The lowest BCUT2D eigenvalue weighted by Gasteiger charge is -2.20. The fourth-order valence-corrected chi connectivity index (χ4v) is 2.05. The van der Waals surface area contributed by atoms with Gasteiger partial charge in [-0.3, -0.25) is 9.59 Å². The molecular formula is C18H19ClN2O2. The second-order valence-electron chi connectivity index (χ2n) is 6.24. The lowest BCUT2D eigenvalue weighted by atomic mass is 10.1. The Morgan fingerprint density at radius 3 is 1.78 bits per heavy atom. The number of hydrogen-bond acceptors (Lipinski definition) is 2. The molecule has 0 saturated heterocycles. The van der Waals surface area contributed by atoms with Gasteiger partial charge in [0.2, 0.25) is 0 Å². The van der Waals surface area contributed by atoms with Gasteiger partial charge in [0.1, 0.15) is 0 Å². The van der Waals surface area contributed by atoms with E-state index >= 15 is 0 Å². The zero-order chi connectivity index (χ0) is 17.0. The van der Waals surface area contributed by atoms with E-state index in [0.717, 1.165) is 0 Å². The minimum atomic E-state index is -0.304. The predicted molar refractivity (Wildman–Crippen MR) is 93.1 cm³/mol. The van der Waals surface area contributed by atoms with Crippen molar-refractivity contribution in [3.63, 3.8) is 0 Å². The van der Waals surface area contributed by atoms with Crippen LogP contribution in [-0.4, -0.2) is 17.4 Å². The molecule has 2 aromatic rings. The minimum Gasteiger partial charge on any atom is -0.347 e. The zero-order valence-corrected chi connectivity index (χ0v) is 14.1. The lowest BCUT2D eigenvalue weighted by molar-refractivity contribution is 0.0918. The van der Waals surface area contributed by atoms with Gasteiger partial charge in [0.05, 0.1) is 0 Å². The molecule has 0 aliphatic heterocycles. The van der Waals surface area contributed by atoms with Crippen LogP contribution in [0.15, 0.2) is 48.5 Å². The van der Waals surface area contributed by atoms with Crippen LogP contribution < -0.4 is 10.6 Å². The van der Waals surface area contributed by atoms with E-state index in [9.17, 15) is 9.59 Å². The molecule has 4 nitrogen and oxygen atoms in total. The van der Waals surface area contributed by atoms with Crippen molar-refractivity contribution in [3.8, 4) is 0 Å². The summed E-state index contributed by atoms with van der Waals surface area (Å²) in [6.07, 6.45) is 0. The summed E-state index contributed by atoms with van der Waals surface area (Å²) in [4.78, 5) is 24.2. The SMILES string of the molecule is CC(C)(C)NC(=O)c1ccc(C(=O)Nc2ccc(Cl)cc2)cc1. The highest BCUT2D eigenvalue weighted by Gasteiger charge is 2.15. The first-order valence-electron chi connectivity index (χ1n) is 7.24. The average molecular weight is 331 g/mol. The minimum absolute atomic E-state index is 0.165. The fourth-order valence-electron chi connectivity index (χ4n) is 1.92. The molecule has 0 spiro atoms. The van der Waals surface area contributed by atoms with Gasteiger partial charge in [-0.2, -0.15) is 0 Å². The van der Waals surface area contributed by atoms with Gasteiger partial charge >= 0.3 is 0 Å². The molecule has 5 heteroatoms. The molecule has 0 aliphatic rings. The Morgan fingerprint density at radius 2 is 1.30 bits per heavy atom. The maximum absolute atomic E-state index is 12.2. The maximum atomic E-state index is 12.2. The number of anilines is 1. The normalized spacial score (nSPS) is 11.0. The quantitative estimate of drug-likeness (QED) is 0.889. The van der Waals surface area contributed by atoms with Crippen LogP contribution in [0.4, 0.5) is 5.69 Å². The number of carbonyl (C=O) groups is 2. The standard InChI is InChI=1S/C18H19ClN2O2/c1-18(2,3)21-17(23)13-6-4-12(5-7-13)16(22)20-15-10-8-14(19)9-11-15/h4-11H,1-3H3,(H,20,22)(H,21,23). The second kappa shape index (κ2) is 6.84. The maximum Gasteiger partial charge on any atom is 0.255 e. The molecule has 120 valence electrons. The van der Waals surface area contributed by atoms with Crippen LogP contribution in [0.2, 0.25) is 5.02 Å². The predicted octanol–water partition coefficient (Wildman–Crippen LogP) is 4.12. The van der Waals surface area contributed by atoms with Crippen LogP contribution in [0, 0.1) is 0 Å².